The standard InChI is InChI=1S/C19H22N2O4/c1-4-13(3)16-8-6-7-9-17(16)20-12-14-10-15(21(23)24)11-18(19(14)22)25-5-2/h6-13,22H,4-5H2,1-3H3/t13-/m0/s1. The number of rotatable bonds is 7. The van der Waals surface area contributed by atoms with Gasteiger partial charge in [-0.1, -0.05) is 32.0 Å². The summed E-state index contributed by atoms with van der Waals surface area (Å²) < 4.78 is 5.28. The first-order chi connectivity index (χ1) is 12.0. The van der Waals surface area contributed by atoms with Crippen molar-refractivity contribution in [2.75, 3.05) is 6.61 Å². The Morgan fingerprint density at radius 1 is 1.32 bits per heavy atom. The number of phenols is 1. The molecule has 6 nitrogen and oxygen atoms in total. The molecule has 132 valence electrons. The van der Waals surface area contributed by atoms with Crippen molar-refractivity contribution in [2.45, 2.75) is 33.1 Å². The Kier molecular flexibility index (Phi) is 6.11. The molecule has 1 N–H and O–H groups in total. The van der Waals surface area contributed by atoms with Crippen LogP contribution in [-0.4, -0.2) is 22.9 Å². The molecule has 0 bridgehead atoms. The number of nitro benzene ring substituents is 1. The molecule has 0 radical (unpaired) electrons. The molecule has 25 heavy (non-hydrogen) atoms. The summed E-state index contributed by atoms with van der Waals surface area (Å²) in [4.78, 5) is 15.0. The maximum absolute atomic E-state index is 11.1. The highest BCUT2D eigenvalue weighted by Gasteiger charge is 2.16. The van der Waals surface area contributed by atoms with E-state index in [9.17, 15) is 15.2 Å². The van der Waals surface area contributed by atoms with Gasteiger partial charge in [-0.25, -0.2) is 0 Å². The van der Waals surface area contributed by atoms with Crippen LogP contribution in [0.15, 0.2) is 41.4 Å². The minimum Gasteiger partial charge on any atom is -0.504 e. The van der Waals surface area contributed by atoms with Gasteiger partial charge in [0.1, 0.15) is 0 Å². The van der Waals surface area contributed by atoms with E-state index in [-0.39, 0.29) is 22.7 Å². The van der Waals surface area contributed by atoms with Crippen LogP contribution < -0.4 is 4.74 Å². The maximum atomic E-state index is 11.1. The SMILES string of the molecule is CCOc1cc([N+](=O)[O-])cc(C=Nc2ccccc2[C@@H](C)CC)c1O. The van der Waals surface area contributed by atoms with Crippen molar-refractivity contribution in [3.63, 3.8) is 0 Å². The highest BCUT2D eigenvalue weighted by atomic mass is 16.6. The summed E-state index contributed by atoms with van der Waals surface area (Å²) in [5.74, 6) is 0.261. The average Bonchev–Trinajstić information content (AvgIpc) is 2.62. The first-order valence-electron chi connectivity index (χ1n) is 8.25. The fourth-order valence-electron chi connectivity index (χ4n) is 2.46. The molecule has 0 aliphatic rings. The minimum atomic E-state index is -0.521. The molecule has 0 heterocycles. The topological polar surface area (TPSA) is 85.0 Å². The number of nitro groups is 1. The Balaban J connectivity index is 2.46. The van der Waals surface area contributed by atoms with E-state index in [0.29, 0.717) is 12.5 Å². The lowest BCUT2D eigenvalue weighted by atomic mass is 9.97. The molecule has 0 unspecified atom stereocenters. The summed E-state index contributed by atoms with van der Waals surface area (Å²) >= 11 is 0. The van der Waals surface area contributed by atoms with Gasteiger partial charge >= 0.3 is 0 Å². The van der Waals surface area contributed by atoms with Gasteiger partial charge in [0.15, 0.2) is 11.5 Å². The summed E-state index contributed by atoms with van der Waals surface area (Å²) in [6.07, 6.45) is 2.41. The van der Waals surface area contributed by atoms with Crippen LogP contribution in [-0.2, 0) is 0 Å². The van der Waals surface area contributed by atoms with Crippen LogP contribution in [0.2, 0.25) is 0 Å². The highest BCUT2D eigenvalue weighted by molar-refractivity contribution is 5.88. The monoisotopic (exact) mass is 342 g/mol. The summed E-state index contributed by atoms with van der Waals surface area (Å²) in [6.45, 7) is 6.26. The third kappa shape index (κ3) is 4.35. The van der Waals surface area contributed by atoms with Gasteiger partial charge in [0, 0.05) is 17.8 Å². The van der Waals surface area contributed by atoms with Crippen LogP contribution in [0.5, 0.6) is 11.5 Å². The molecule has 0 fully saturated rings. The predicted molar refractivity (Wildman–Crippen MR) is 98.3 cm³/mol. The second kappa shape index (κ2) is 8.28. The van der Waals surface area contributed by atoms with Gasteiger partial charge in [0.05, 0.1) is 23.3 Å². The number of aromatic hydroxyl groups is 1. The molecule has 1 atom stereocenters. The van der Waals surface area contributed by atoms with Gasteiger partial charge in [0.25, 0.3) is 5.69 Å². The summed E-state index contributed by atoms with van der Waals surface area (Å²) in [5.41, 5.74) is 1.96. The molecule has 0 saturated carbocycles. The van der Waals surface area contributed by atoms with Crippen molar-refractivity contribution in [1.29, 1.82) is 0 Å². The lowest BCUT2D eigenvalue weighted by molar-refractivity contribution is -0.385. The zero-order valence-corrected chi connectivity index (χ0v) is 14.6. The van der Waals surface area contributed by atoms with Gasteiger partial charge in [-0.05, 0) is 30.9 Å². The van der Waals surface area contributed by atoms with E-state index < -0.39 is 4.92 Å². The number of non-ortho nitro benzene ring substituents is 1. The predicted octanol–water partition coefficient (Wildman–Crippen LogP) is 4.96. The fourth-order valence-corrected chi connectivity index (χ4v) is 2.46. The van der Waals surface area contributed by atoms with Gasteiger partial charge in [-0.2, -0.15) is 0 Å². The Morgan fingerprint density at radius 2 is 2.04 bits per heavy atom. The van der Waals surface area contributed by atoms with Gasteiger partial charge < -0.3 is 9.84 Å². The second-order valence-electron chi connectivity index (χ2n) is 5.70. The van der Waals surface area contributed by atoms with Crippen LogP contribution in [0.3, 0.4) is 0 Å². The number of phenolic OH excluding ortho intramolecular Hbond substituents is 1. The van der Waals surface area contributed by atoms with Gasteiger partial charge in [0.2, 0.25) is 0 Å². The first kappa shape index (κ1) is 18.4. The van der Waals surface area contributed by atoms with E-state index in [2.05, 4.69) is 18.8 Å². The van der Waals surface area contributed by atoms with Crippen LogP contribution in [0.4, 0.5) is 11.4 Å². The molecule has 2 aromatic rings. The first-order valence-corrected chi connectivity index (χ1v) is 8.25. The highest BCUT2D eigenvalue weighted by Crippen LogP contribution is 2.35. The zero-order valence-electron chi connectivity index (χ0n) is 14.6. The summed E-state index contributed by atoms with van der Waals surface area (Å²) in [5, 5.41) is 21.4. The van der Waals surface area contributed by atoms with E-state index in [0.717, 1.165) is 17.7 Å². The molecular formula is C19H22N2O4. The molecule has 6 heteroatoms. The maximum Gasteiger partial charge on any atom is 0.274 e. The number of para-hydroxylation sites is 1. The van der Waals surface area contributed by atoms with Crippen LogP contribution >= 0.6 is 0 Å². The van der Waals surface area contributed by atoms with E-state index in [1.54, 1.807) is 6.92 Å². The number of benzene rings is 2. The third-order valence-corrected chi connectivity index (χ3v) is 4.02. The average molecular weight is 342 g/mol. The molecule has 0 aromatic heterocycles. The fraction of sp³-hybridized carbons (Fsp3) is 0.316. The Labute approximate surface area is 146 Å². The van der Waals surface area contributed by atoms with Gasteiger partial charge in [-0.3, -0.25) is 15.1 Å². The summed E-state index contributed by atoms with van der Waals surface area (Å²) in [6, 6.07) is 10.2. The van der Waals surface area contributed by atoms with Crippen molar-refractivity contribution in [1.82, 2.24) is 0 Å². The lowest BCUT2D eigenvalue weighted by Crippen LogP contribution is -1.97. The largest absolute Gasteiger partial charge is 0.504 e. The smallest absolute Gasteiger partial charge is 0.274 e. The number of aliphatic imine (C=N–C) groups is 1. The van der Waals surface area contributed by atoms with Gasteiger partial charge in [-0.15, -0.1) is 0 Å². The molecule has 2 aromatic carbocycles. The molecule has 2 rings (SSSR count). The van der Waals surface area contributed by atoms with Crippen LogP contribution in [0, 0.1) is 10.1 Å². The third-order valence-electron chi connectivity index (χ3n) is 4.02. The van der Waals surface area contributed by atoms with E-state index in [1.165, 1.54) is 18.3 Å². The van der Waals surface area contributed by atoms with Crippen LogP contribution in [0.1, 0.15) is 44.2 Å². The molecule has 0 aliphatic carbocycles. The number of hydrogen-bond acceptors (Lipinski definition) is 5. The van der Waals surface area contributed by atoms with E-state index >= 15 is 0 Å². The van der Waals surface area contributed by atoms with Crippen LogP contribution in [0.25, 0.3) is 0 Å². The Morgan fingerprint density at radius 3 is 2.68 bits per heavy atom. The molecule has 0 spiro atoms. The Bertz CT molecular complexity index is 787. The normalized spacial score (nSPS) is 12.3. The number of nitrogens with zero attached hydrogens (tertiary/aromatic N) is 2. The quantitative estimate of drug-likeness (QED) is 0.437. The van der Waals surface area contributed by atoms with Crippen molar-refractivity contribution < 1.29 is 14.8 Å². The summed E-state index contributed by atoms with van der Waals surface area (Å²) in [7, 11) is 0. The van der Waals surface area contributed by atoms with Crippen molar-refractivity contribution in [3.05, 3.63) is 57.6 Å². The van der Waals surface area contributed by atoms with Crippen molar-refractivity contribution >= 4 is 17.6 Å². The zero-order chi connectivity index (χ0) is 18.4. The molecular weight excluding hydrogens is 320 g/mol. The molecule has 0 aliphatic heterocycles. The molecule has 0 saturated heterocycles. The Hall–Kier alpha value is -2.89. The second-order valence-corrected chi connectivity index (χ2v) is 5.70. The van der Waals surface area contributed by atoms with E-state index in [4.69, 9.17) is 4.74 Å². The lowest BCUT2D eigenvalue weighted by Gasteiger charge is -2.12. The number of hydrogen-bond donors (Lipinski definition) is 1. The minimum absolute atomic E-state index is 0.0772. The van der Waals surface area contributed by atoms with Crippen molar-refractivity contribution in [2.24, 2.45) is 4.99 Å². The van der Waals surface area contributed by atoms with E-state index in [1.807, 2.05) is 24.3 Å². The van der Waals surface area contributed by atoms with Crippen molar-refractivity contribution in [3.8, 4) is 11.5 Å². The number of ether oxygens (including phenoxy) is 1. The molecule has 0 amide bonds.